The Hall–Kier alpha value is -3.25. The lowest BCUT2D eigenvalue weighted by molar-refractivity contribution is -0.0438. The van der Waals surface area contributed by atoms with Gasteiger partial charge in [-0.05, 0) is 48.7 Å². The normalized spacial score (nSPS) is 21.8. The average molecular weight is 526 g/mol. The summed E-state index contributed by atoms with van der Waals surface area (Å²) < 4.78 is 7.68. The second kappa shape index (κ2) is 11.6. The van der Waals surface area contributed by atoms with Gasteiger partial charge in [0.1, 0.15) is 23.8 Å². The van der Waals surface area contributed by atoms with Crippen LogP contribution in [0.2, 0.25) is 0 Å². The number of likely N-dealkylation sites (N-methyl/N-ethyl adjacent to an activating group) is 1. The molecule has 0 radical (unpaired) electrons. The highest BCUT2D eigenvalue weighted by molar-refractivity contribution is 5.89. The molecule has 0 bridgehead atoms. The maximum atomic E-state index is 12.3. The zero-order valence-corrected chi connectivity index (χ0v) is 22.5. The molecule has 2 amide bonds. The molecule has 0 aliphatic carbocycles. The summed E-state index contributed by atoms with van der Waals surface area (Å²) >= 11 is 0. The molecule has 2 unspecified atom stereocenters. The molecule has 1 aliphatic heterocycles. The predicted molar refractivity (Wildman–Crippen MR) is 147 cm³/mol. The topological polar surface area (TPSA) is 151 Å². The van der Waals surface area contributed by atoms with E-state index in [1.807, 2.05) is 31.2 Å². The third-order valence-electron chi connectivity index (χ3n) is 6.93. The number of carbonyl (C=O) groups excluding carboxylic acids is 1. The molecule has 1 aromatic carbocycles. The highest BCUT2D eigenvalue weighted by Crippen LogP contribution is 2.32. The number of nitrogen functional groups attached to an aromatic ring is 1. The minimum Gasteiger partial charge on any atom is -0.397 e. The van der Waals surface area contributed by atoms with Crippen molar-refractivity contribution in [2.24, 2.45) is 0 Å². The first-order valence-electron chi connectivity index (χ1n) is 13.0. The molecular weight excluding hydrogens is 486 g/mol. The minimum atomic E-state index is -1.14. The minimum absolute atomic E-state index is 0.0597. The van der Waals surface area contributed by atoms with E-state index in [0.717, 1.165) is 12.2 Å². The number of aliphatic hydroxyl groups is 2. The third kappa shape index (κ3) is 6.24. The Morgan fingerprint density at radius 2 is 1.89 bits per heavy atom. The Bertz CT molecular complexity index is 1220. The molecular formula is C27H39N7O4. The molecule has 2 aromatic heterocycles. The number of urea groups is 1. The summed E-state index contributed by atoms with van der Waals surface area (Å²) in [6.45, 7) is 10.8. The van der Waals surface area contributed by atoms with Crippen molar-refractivity contribution in [3.8, 4) is 0 Å². The first-order chi connectivity index (χ1) is 18.1. The fourth-order valence-electron chi connectivity index (χ4n) is 4.62. The Kier molecular flexibility index (Phi) is 8.51. The van der Waals surface area contributed by atoms with Crippen LogP contribution in [0.4, 0.5) is 16.2 Å². The number of imidazole rings is 1. The van der Waals surface area contributed by atoms with E-state index >= 15 is 0 Å². The molecule has 4 atom stereocenters. The van der Waals surface area contributed by atoms with Crippen LogP contribution in [-0.2, 0) is 10.2 Å². The van der Waals surface area contributed by atoms with Crippen molar-refractivity contribution in [1.29, 1.82) is 0 Å². The summed E-state index contributed by atoms with van der Waals surface area (Å²) in [5, 5.41) is 27.2. The van der Waals surface area contributed by atoms with Crippen molar-refractivity contribution < 1.29 is 19.7 Å². The lowest BCUT2D eigenvalue weighted by Gasteiger charge is -2.25. The number of hydrogen-bond acceptors (Lipinski definition) is 8. The maximum Gasteiger partial charge on any atom is 0.319 e. The smallest absolute Gasteiger partial charge is 0.319 e. The molecule has 0 saturated carbocycles. The SMILES string of the molecule is CCN(CCCNC(=O)Nc1ccc(C(C)(C)C)cc1)C[C@H]1O[C@@H](n2cnc3c(N)ccnc32)C(O)C1O. The van der Waals surface area contributed by atoms with Gasteiger partial charge in [0.2, 0.25) is 0 Å². The number of anilines is 2. The molecule has 1 saturated heterocycles. The number of aliphatic hydroxyl groups excluding tert-OH is 2. The number of hydrogen-bond donors (Lipinski definition) is 5. The van der Waals surface area contributed by atoms with E-state index in [-0.39, 0.29) is 11.4 Å². The quantitative estimate of drug-likeness (QED) is 0.267. The van der Waals surface area contributed by atoms with Crippen LogP contribution in [0.25, 0.3) is 11.2 Å². The fraction of sp³-hybridized carbons (Fsp3) is 0.519. The summed E-state index contributed by atoms with van der Waals surface area (Å²) in [6.07, 6.45) is 0.180. The van der Waals surface area contributed by atoms with Gasteiger partial charge in [0.15, 0.2) is 11.9 Å². The molecule has 1 fully saturated rings. The summed E-state index contributed by atoms with van der Waals surface area (Å²) in [6, 6.07) is 9.27. The van der Waals surface area contributed by atoms with Gasteiger partial charge in [-0.2, -0.15) is 0 Å². The van der Waals surface area contributed by atoms with Crippen molar-refractivity contribution in [3.05, 3.63) is 48.4 Å². The molecule has 11 nitrogen and oxygen atoms in total. The number of nitrogens with zero attached hydrogens (tertiary/aromatic N) is 4. The Balaban J connectivity index is 1.24. The van der Waals surface area contributed by atoms with Gasteiger partial charge in [-0.25, -0.2) is 14.8 Å². The number of benzene rings is 1. The number of fused-ring (bicyclic) bond motifs is 1. The standard InChI is InChI=1S/C27H39N7O4/c1-5-33(14-6-12-30-26(37)32-18-9-7-17(8-10-18)27(2,3)4)15-20-22(35)23(36)25(38-20)34-16-31-21-19(28)11-13-29-24(21)34/h7-11,13,16,20,22-23,25,35-36H,5-6,12,14-15H2,1-4H3,(H2,28,29)(H2,30,32,37)/t20-,22?,23?,25-/m1/s1. The van der Waals surface area contributed by atoms with Gasteiger partial charge in [-0.3, -0.25) is 4.57 Å². The number of pyridine rings is 1. The molecule has 38 heavy (non-hydrogen) atoms. The monoisotopic (exact) mass is 525 g/mol. The first kappa shape index (κ1) is 27.8. The lowest BCUT2D eigenvalue weighted by Crippen LogP contribution is -2.41. The number of rotatable bonds is 9. The van der Waals surface area contributed by atoms with Crippen LogP contribution in [0.15, 0.2) is 42.9 Å². The predicted octanol–water partition coefficient (Wildman–Crippen LogP) is 2.46. The summed E-state index contributed by atoms with van der Waals surface area (Å²) in [5.74, 6) is 0. The van der Waals surface area contributed by atoms with E-state index in [2.05, 4.69) is 46.3 Å². The van der Waals surface area contributed by atoms with Crippen molar-refractivity contribution in [3.63, 3.8) is 0 Å². The van der Waals surface area contributed by atoms with Gasteiger partial charge in [0.05, 0.1) is 12.0 Å². The molecule has 4 rings (SSSR count). The molecule has 3 heterocycles. The van der Waals surface area contributed by atoms with E-state index in [1.54, 1.807) is 16.8 Å². The highest BCUT2D eigenvalue weighted by atomic mass is 16.6. The Labute approximate surface area is 223 Å². The average Bonchev–Trinajstić information content (AvgIpc) is 3.43. The number of carbonyl (C=O) groups is 1. The van der Waals surface area contributed by atoms with E-state index in [4.69, 9.17) is 10.5 Å². The van der Waals surface area contributed by atoms with Crippen LogP contribution in [-0.4, -0.2) is 80.2 Å². The van der Waals surface area contributed by atoms with Crippen LogP contribution in [0.1, 0.15) is 45.9 Å². The van der Waals surface area contributed by atoms with Crippen molar-refractivity contribution in [1.82, 2.24) is 24.8 Å². The largest absolute Gasteiger partial charge is 0.397 e. The van der Waals surface area contributed by atoms with Gasteiger partial charge in [-0.1, -0.05) is 39.8 Å². The second-order valence-electron chi connectivity index (χ2n) is 10.7. The van der Waals surface area contributed by atoms with Gasteiger partial charge in [0, 0.05) is 25.0 Å². The molecule has 206 valence electrons. The van der Waals surface area contributed by atoms with Crippen LogP contribution in [0.5, 0.6) is 0 Å². The van der Waals surface area contributed by atoms with E-state index in [9.17, 15) is 15.0 Å². The number of nitrogens with two attached hydrogens (primary N) is 1. The highest BCUT2D eigenvalue weighted by Gasteiger charge is 2.44. The Morgan fingerprint density at radius 1 is 1.16 bits per heavy atom. The number of nitrogens with one attached hydrogen (secondary N) is 2. The molecule has 11 heteroatoms. The number of amides is 2. The lowest BCUT2D eigenvalue weighted by atomic mass is 9.87. The maximum absolute atomic E-state index is 12.3. The summed E-state index contributed by atoms with van der Waals surface area (Å²) in [7, 11) is 0. The van der Waals surface area contributed by atoms with Crippen LogP contribution in [0.3, 0.4) is 0 Å². The van der Waals surface area contributed by atoms with E-state index in [0.29, 0.717) is 42.9 Å². The molecule has 3 aromatic rings. The molecule has 6 N–H and O–H groups in total. The van der Waals surface area contributed by atoms with Gasteiger partial charge in [-0.15, -0.1) is 0 Å². The van der Waals surface area contributed by atoms with Crippen LogP contribution < -0.4 is 16.4 Å². The van der Waals surface area contributed by atoms with Crippen LogP contribution >= 0.6 is 0 Å². The van der Waals surface area contributed by atoms with Crippen molar-refractivity contribution in [2.45, 2.75) is 64.1 Å². The zero-order valence-electron chi connectivity index (χ0n) is 22.5. The van der Waals surface area contributed by atoms with Crippen molar-refractivity contribution >= 4 is 28.6 Å². The van der Waals surface area contributed by atoms with Crippen LogP contribution in [0, 0.1) is 0 Å². The third-order valence-corrected chi connectivity index (χ3v) is 6.93. The van der Waals surface area contributed by atoms with E-state index in [1.165, 1.54) is 11.9 Å². The van der Waals surface area contributed by atoms with Gasteiger partial charge >= 0.3 is 6.03 Å². The summed E-state index contributed by atoms with van der Waals surface area (Å²) in [4.78, 5) is 23.0. The zero-order chi connectivity index (χ0) is 27.4. The number of ether oxygens (including phenoxy) is 1. The second-order valence-corrected chi connectivity index (χ2v) is 10.7. The van der Waals surface area contributed by atoms with E-state index < -0.39 is 24.5 Å². The number of aromatic nitrogens is 3. The summed E-state index contributed by atoms with van der Waals surface area (Å²) in [5.41, 5.74) is 9.48. The molecule has 1 aliphatic rings. The van der Waals surface area contributed by atoms with Gasteiger partial charge < -0.3 is 36.2 Å². The fourth-order valence-corrected chi connectivity index (χ4v) is 4.62. The Morgan fingerprint density at radius 3 is 2.58 bits per heavy atom. The van der Waals surface area contributed by atoms with Gasteiger partial charge in [0.25, 0.3) is 0 Å². The first-order valence-corrected chi connectivity index (χ1v) is 13.0. The van der Waals surface area contributed by atoms with Crippen molar-refractivity contribution in [2.75, 3.05) is 37.2 Å². The molecule has 0 spiro atoms.